The Bertz CT molecular complexity index is 114. The van der Waals surface area contributed by atoms with Crippen LogP contribution in [0.4, 0.5) is 0 Å². The zero-order chi connectivity index (χ0) is 8.27. The third-order valence-electron chi connectivity index (χ3n) is 2.85. The molecule has 1 nitrogen and oxygen atoms in total. The Kier molecular flexibility index (Phi) is 3.67. The van der Waals surface area contributed by atoms with Crippen molar-refractivity contribution in [2.75, 3.05) is 7.05 Å². The molecular formula is C9H18ClN. The average Bonchev–Trinajstić information content (AvgIpc) is 2.04. The molecular weight excluding hydrogens is 158 g/mol. The summed E-state index contributed by atoms with van der Waals surface area (Å²) in [6, 6.07) is 0.635. The van der Waals surface area contributed by atoms with Gasteiger partial charge in [-0.05, 0) is 30.5 Å². The molecule has 0 heterocycles. The molecule has 1 aliphatic rings. The van der Waals surface area contributed by atoms with Crippen molar-refractivity contribution in [3.8, 4) is 0 Å². The topological polar surface area (TPSA) is 3.24 Å². The maximum atomic E-state index is 5.96. The minimum atomic E-state index is 0.635. The third-order valence-corrected chi connectivity index (χ3v) is 3.10. The maximum absolute atomic E-state index is 5.96. The van der Waals surface area contributed by atoms with Crippen molar-refractivity contribution in [2.24, 2.45) is 5.92 Å². The number of rotatable bonds is 2. The molecule has 0 saturated heterocycles. The predicted octanol–water partition coefficient (Wildman–Crippen LogP) is 3.04. The van der Waals surface area contributed by atoms with Gasteiger partial charge in [-0.1, -0.05) is 26.2 Å². The summed E-state index contributed by atoms with van der Waals surface area (Å²) >= 11 is 5.96. The van der Waals surface area contributed by atoms with E-state index in [9.17, 15) is 0 Å². The molecule has 1 saturated carbocycles. The number of hydrogen-bond donors (Lipinski definition) is 0. The van der Waals surface area contributed by atoms with E-state index in [1.54, 1.807) is 0 Å². The van der Waals surface area contributed by atoms with Crippen LogP contribution >= 0.6 is 11.8 Å². The zero-order valence-corrected chi connectivity index (χ0v) is 8.27. The number of nitrogens with zero attached hydrogens (tertiary/aromatic N) is 1. The Morgan fingerprint density at radius 1 is 1.36 bits per heavy atom. The van der Waals surface area contributed by atoms with Crippen LogP contribution in [0.15, 0.2) is 0 Å². The van der Waals surface area contributed by atoms with E-state index in [4.69, 9.17) is 11.8 Å². The first kappa shape index (κ1) is 9.34. The molecule has 1 rings (SSSR count). The molecule has 66 valence electrons. The second-order valence-corrected chi connectivity index (χ2v) is 4.08. The highest BCUT2D eigenvalue weighted by molar-refractivity contribution is 6.13. The standard InChI is InChI=1S/C9H18ClN/c1-3-8-6-4-5-7-9(8)11(2)10/h8-9H,3-7H2,1-2H3/t8-,9-/m1/s1. The van der Waals surface area contributed by atoms with E-state index in [2.05, 4.69) is 6.92 Å². The Balaban J connectivity index is 2.44. The lowest BCUT2D eigenvalue weighted by molar-refractivity contribution is 0.199. The van der Waals surface area contributed by atoms with E-state index in [0.717, 1.165) is 5.92 Å². The van der Waals surface area contributed by atoms with Crippen molar-refractivity contribution in [2.45, 2.75) is 45.1 Å². The predicted molar refractivity (Wildman–Crippen MR) is 49.7 cm³/mol. The van der Waals surface area contributed by atoms with Crippen LogP contribution < -0.4 is 0 Å². The Morgan fingerprint density at radius 2 is 2.00 bits per heavy atom. The van der Waals surface area contributed by atoms with Gasteiger partial charge in [-0.25, -0.2) is 4.42 Å². The fraction of sp³-hybridized carbons (Fsp3) is 1.00. The number of hydrogen-bond acceptors (Lipinski definition) is 1. The van der Waals surface area contributed by atoms with Gasteiger partial charge in [-0.15, -0.1) is 0 Å². The molecule has 11 heavy (non-hydrogen) atoms. The first-order chi connectivity index (χ1) is 5.25. The highest BCUT2D eigenvalue weighted by atomic mass is 35.5. The van der Waals surface area contributed by atoms with Gasteiger partial charge in [0, 0.05) is 13.1 Å². The Morgan fingerprint density at radius 3 is 2.45 bits per heavy atom. The van der Waals surface area contributed by atoms with Gasteiger partial charge in [-0.3, -0.25) is 0 Å². The highest BCUT2D eigenvalue weighted by Gasteiger charge is 2.25. The first-order valence-electron chi connectivity index (χ1n) is 4.64. The molecule has 0 aromatic heterocycles. The van der Waals surface area contributed by atoms with E-state index >= 15 is 0 Å². The Hall–Kier alpha value is 0.250. The van der Waals surface area contributed by atoms with Gasteiger partial charge in [0.1, 0.15) is 0 Å². The van der Waals surface area contributed by atoms with Crippen molar-refractivity contribution in [1.29, 1.82) is 0 Å². The Labute approximate surface area is 74.8 Å². The summed E-state index contributed by atoms with van der Waals surface area (Å²) in [5, 5.41) is 0. The lowest BCUT2D eigenvalue weighted by Gasteiger charge is -2.33. The van der Waals surface area contributed by atoms with Crippen molar-refractivity contribution >= 4 is 11.8 Å². The van der Waals surface area contributed by atoms with E-state index in [0.29, 0.717) is 6.04 Å². The van der Waals surface area contributed by atoms with Crippen LogP contribution in [-0.4, -0.2) is 17.5 Å². The molecule has 0 unspecified atom stereocenters. The van der Waals surface area contributed by atoms with Crippen LogP contribution in [0.3, 0.4) is 0 Å². The summed E-state index contributed by atoms with van der Waals surface area (Å²) in [6.07, 6.45) is 6.70. The van der Waals surface area contributed by atoms with E-state index in [-0.39, 0.29) is 0 Å². The van der Waals surface area contributed by atoms with Crippen molar-refractivity contribution in [1.82, 2.24) is 4.42 Å². The molecule has 0 aromatic rings. The second kappa shape index (κ2) is 4.32. The van der Waals surface area contributed by atoms with Gasteiger partial charge in [0.15, 0.2) is 0 Å². The van der Waals surface area contributed by atoms with Crippen LogP contribution in [0.5, 0.6) is 0 Å². The first-order valence-corrected chi connectivity index (χ1v) is 4.98. The van der Waals surface area contributed by atoms with Crippen molar-refractivity contribution in [3.63, 3.8) is 0 Å². The molecule has 1 fully saturated rings. The molecule has 0 bridgehead atoms. The van der Waals surface area contributed by atoms with Gasteiger partial charge in [0.05, 0.1) is 0 Å². The molecule has 1 aliphatic carbocycles. The SMILES string of the molecule is CC[C@@H]1CCCC[C@H]1N(C)Cl. The summed E-state index contributed by atoms with van der Waals surface area (Å²) in [4.78, 5) is 0. The van der Waals surface area contributed by atoms with Crippen molar-refractivity contribution < 1.29 is 0 Å². The summed E-state index contributed by atoms with van der Waals surface area (Å²) in [7, 11) is 1.99. The summed E-state index contributed by atoms with van der Waals surface area (Å²) < 4.78 is 1.88. The fourth-order valence-corrected chi connectivity index (χ4v) is 2.39. The molecule has 0 aromatic carbocycles. The minimum Gasteiger partial charge on any atom is -0.220 e. The van der Waals surface area contributed by atoms with Gasteiger partial charge in [-0.2, -0.15) is 0 Å². The largest absolute Gasteiger partial charge is 0.220 e. The number of halogens is 1. The van der Waals surface area contributed by atoms with Crippen LogP contribution in [0.25, 0.3) is 0 Å². The molecule has 2 heteroatoms. The molecule has 0 spiro atoms. The molecule has 0 N–H and O–H groups in total. The summed E-state index contributed by atoms with van der Waals surface area (Å²) in [6.45, 7) is 2.27. The minimum absolute atomic E-state index is 0.635. The second-order valence-electron chi connectivity index (χ2n) is 3.54. The average molecular weight is 176 g/mol. The van der Waals surface area contributed by atoms with Gasteiger partial charge < -0.3 is 0 Å². The highest BCUT2D eigenvalue weighted by Crippen LogP contribution is 2.30. The molecule has 2 atom stereocenters. The maximum Gasteiger partial charge on any atom is 0.0276 e. The summed E-state index contributed by atoms with van der Waals surface area (Å²) in [5.41, 5.74) is 0. The molecule has 0 amide bonds. The normalized spacial score (nSPS) is 32.7. The lowest BCUT2D eigenvalue weighted by atomic mass is 9.83. The van der Waals surface area contributed by atoms with Crippen LogP contribution in [-0.2, 0) is 0 Å². The van der Waals surface area contributed by atoms with E-state index in [1.165, 1.54) is 32.1 Å². The zero-order valence-electron chi connectivity index (χ0n) is 7.52. The van der Waals surface area contributed by atoms with Crippen LogP contribution in [0.1, 0.15) is 39.0 Å². The lowest BCUT2D eigenvalue weighted by Crippen LogP contribution is -2.34. The quantitative estimate of drug-likeness (QED) is 0.584. The third kappa shape index (κ3) is 2.34. The van der Waals surface area contributed by atoms with Gasteiger partial charge in [0.25, 0.3) is 0 Å². The van der Waals surface area contributed by atoms with E-state index < -0.39 is 0 Å². The monoisotopic (exact) mass is 175 g/mol. The molecule has 0 radical (unpaired) electrons. The van der Waals surface area contributed by atoms with Gasteiger partial charge >= 0.3 is 0 Å². The van der Waals surface area contributed by atoms with Crippen LogP contribution in [0.2, 0.25) is 0 Å². The van der Waals surface area contributed by atoms with Crippen LogP contribution in [0, 0.1) is 5.92 Å². The summed E-state index contributed by atoms with van der Waals surface area (Å²) in [5.74, 6) is 0.839. The van der Waals surface area contributed by atoms with Gasteiger partial charge in [0.2, 0.25) is 0 Å². The van der Waals surface area contributed by atoms with Crippen molar-refractivity contribution in [3.05, 3.63) is 0 Å². The fourth-order valence-electron chi connectivity index (χ4n) is 2.13. The molecule has 0 aliphatic heterocycles. The van der Waals surface area contributed by atoms with E-state index in [1.807, 2.05) is 11.5 Å². The smallest absolute Gasteiger partial charge is 0.0276 e.